The summed E-state index contributed by atoms with van der Waals surface area (Å²) in [6, 6.07) is 18.4. The predicted molar refractivity (Wildman–Crippen MR) is 92.2 cm³/mol. The Morgan fingerprint density at radius 3 is 2.50 bits per heavy atom. The maximum absolute atomic E-state index is 13.2. The van der Waals surface area contributed by atoms with E-state index < -0.39 is 0 Å². The van der Waals surface area contributed by atoms with E-state index in [1.807, 2.05) is 43.4 Å². The van der Waals surface area contributed by atoms with Crippen LogP contribution in [0.15, 0.2) is 54.6 Å². The zero-order valence-electron chi connectivity index (χ0n) is 13.7. The number of carbonyl (C=O) groups excluding carboxylic acids is 1. The zero-order chi connectivity index (χ0) is 16.5. The van der Waals surface area contributed by atoms with Crippen molar-refractivity contribution in [2.45, 2.75) is 12.0 Å². The maximum atomic E-state index is 13.2. The molecule has 0 bridgehead atoms. The van der Waals surface area contributed by atoms with Gasteiger partial charge in [0.05, 0.1) is 31.8 Å². The first-order valence-electron chi connectivity index (χ1n) is 8.38. The molecule has 4 heteroatoms. The first-order chi connectivity index (χ1) is 11.8. The van der Waals surface area contributed by atoms with Gasteiger partial charge in [-0.3, -0.25) is 4.79 Å². The molecule has 3 unspecified atom stereocenters. The molecule has 4 rings (SSSR count). The Kier molecular flexibility index (Phi) is 4.08. The van der Waals surface area contributed by atoms with Crippen molar-refractivity contribution in [3.8, 4) is 0 Å². The highest BCUT2D eigenvalue weighted by molar-refractivity contribution is 5.99. The van der Waals surface area contributed by atoms with E-state index >= 15 is 0 Å². The summed E-state index contributed by atoms with van der Waals surface area (Å²) in [5, 5.41) is 0. The highest BCUT2D eigenvalue weighted by Gasteiger charge is 2.45. The molecule has 24 heavy (non-hydrogen) atoms. The molecule has 2 aromatic rings. The molecule has 2 aromatic carbocycles. The average Bonchev–Trinajstić information content (AvgIpc) is 2.66. The molecule has 2 aliphatic heterocycles. The van der Waals surface area contributed by atoms with Gasteiger partial charge in [-0.25, -0.2) is 0 Å². The summed E-state index contributed by atoms with van der Waals surface area (Å²) >= 11 is 0. The summed E-state index contributed by atoms with van der Waals surface area (Å²) in [7, 11) is 1.85. The lowest BCUT2D eigenvalue weighted by atomic mass is 9.74. The predicted octanol–water partition coefficient (Wildman–Crippen LogP) is 2.83. The second kappa shape index (κ2) is 6.38. The van der Waals surface area contributed by atoms with Crippen LogP contribution >= 0.6 is 0 Å². The van der Waals surface area contributed by atoms with Crippen LogP contribution in [0.4, 0.5) is 5.69 Å². The Balaban J connectivity index is 1.85. The molecule has 4 nitrogen and oxygen atoms in total. The summed E-state index contributed by atoms with van der Waals surface area (Å²) < 4.78 is 11.5. The summed E-state index contributed by atoms with van der Waals surface area (Å²) in [4.78, 5) is 14.9. The summed E-state index contributed by atoms with van der Waals surface area (Å²) in [6.07, 6.45) is -0.215. The van der Waals surface area contributed by atoms with Crippen molar-refractivity contribution in [2.24, 2.45) is 5.92 Å². The van der Waals surface area contributed by atoms with Crippen molar-refractivity contribution in [1.29, 1.82) is 0 Å². The van der Waals surface area contributed by atoms with Crippen molar-refractivity contribution in [1.82, 2.24) is 0 Å². The summed E-state index contributed by atoms with van der Waals surface area (Å²) in [5.74, 6) is -0.191. The highest BCUT2D eigenvalue weighted by atomic mass is 16.6. The van der Waals surface area contributed by atoms with Crippen LogP contribution in [0.3, 0.4) is 0 Å². The van der Waals surface area contributed by atoms with Gasteiger partial charge < -0.3 is 14.4 Å². The second-order valence-corrected chi connectivity index (χ2v) is 6.35. The number of anilines is 1. The lowest BCUT2D eigenvalue weighted by Crippen LogP contribution is -2.50. The van der Waals surface area contributed by atoms with E-state index in [0.29, 0.717) is 19.8 Å². The number of fused-ring (bicyclic) bond motifs is 1. The smallest absolute Gasteiger partial charge is 0.233 e. The molecule has 2 aliphatic rings. The Bertz CT molecular complexity index is 725. The molecule has 0 aliphatic carbocycles. The van der Waals surface area contributed by atoms with Crippen LogP contribution in [0.1, 0.15) is 17.0 Å². The van der Waals surface area contributed by atoms with Crippen LogP contribution in [0, 0.1) is 5.92 Å². The molecule has 0 saturated carbocycles. The topological polar surface area (TPSA) is 38.8 Å². The van der Waals surface area contributed by atoms with Gasteiger partial charge in [-0.05, 0) is 17.2 Å². The van der Waals surface area contributed by atoms with Crippen LogP contribution in [-0.4, -0.2) is 38.9 Å². The Labute approximate surface area is 142 Å². The number of ether oxygens (including phenoxy) is 2. The van der Waals surface area contributed by atoms with E-state index in [9.17, 15) is 4.79 Å². The van der Waals surface area contributed by atoms with E-state index in [1.54, 1.807) is 4.90 Å². The highest BCUT2D eigenvalue weighted by Crippen LogP contribution is 2.44. The fraction of sp³-hybridized carbons (Fsp3) is 0.350. The van der Waals surface area contributed by atoms with Gasteiger partial charge in [0, 0.05) is 18.7 Å². The molecule has 1 saturated heterocycles. The Morgan fingerprint density at radius 2 is 1.75 bits per heavy atom. The van der Waals surface area contributed by atoms with E-state index in [0.717, 1.165) is 11.3 Å². The quantitative estimate of drug-likeness (QED) is 0.853. The van der Waals surface area contributed by atoms with Gasteiger partial charge in [0.25, 0.3) is 0 Å². The number of hydrogen-bond acceptors (Lipinski definition) is 3. The number of rotatable bonds is 2. The van der Waals surface area contributed by atoms with Crippen molar-refractivity contribution in [3.63, 3.8) is 0 Å². The third-order valence-electron chi connectivity index (χ3n) is 5.01. The van der Waals surface area contributed by atoms with Crippen molar-refractivity contribution in [2.75, 3.05) is 31.8 Å². The van der Waals surface area contributed by atoms with Crippen molar-refractivity contribution < 1.29 is 14.3 Å². The largest absolute Gasteiger partial charge is 0.376 e. The average molecular weight is 323 g/mol. The SMILES string of the molecule is CN1C(=O)C(C2COCCO2)C(c2ccccc2)c2ccccc21. The molecule has 0 aromatic heterocycles. The van der Waals surface area contributed by atoms with Crippen LogP contribution in [0.25, 0.3) is 0 Å². The molecule has 0 N–H and O–H groups in total. The first-order valence-corrected chi connectivity index (χ1v) is 8.38. The number of carbonyl (C=O) groups is 1. The first kappa shape index (κ1) is 15.4. The molecular formula is C20H21NO3. The number of hydrogen-bond donors (Lipinski definition) is 0. The van der Waals surface area contributed by atoms with Crippen molar-refractivity contribution >= 4 is 11.6 Å². The van der Waals surface area contributed by atoms with Gasteiger partial charge in [0.2, 0.25) is 5.91 Å². The Morgan fingerprint density at radius 1 is 1.00 bits per heavy atom. The standard InChI is InChI=1S/C20H21NO3/c1-21-16-10-6-5-9-15(16)18(14-7-3-2-4-8-14)19(20(21)22)17-13-23-11-12-24-17/h2-10,17-19H,11-13H2,1H3. The maximum Gasteiger partial charge on any atom is 0.233 e. The normalized spacial score (nSPS) is 27.0. The van der Waals surface area contributed by atoms with E-state index in [2.05, 4.69) is 18.2 Å². The fourth-order valence-corrected chi connectivity index (χ4v) is 3.87. The molecular weight excluding hydrogens is 302 g/mol. The molecule has 1 fully saturated rings. The number of amides is 1. The molecule has 0 spiro atoms. The van der Waals surface area contributed by atoms with Crippen LogP contribution in [-0.2, 0) is 14.3 Å². The number of nitrogens with zero attached hydrogens (tertiary/aromatic N) is 1. The minimum Gasteiger partial charge on any atom is -0.376 e. The lowest BCUT2D eigenvalue weighted by molar-refractivity contribution is -0.143. The summed E-state index contributed by atoms with van der Waals surface area (Å²) in [6.45, 7) is 1.61. The monoisotopic (exact) mass is 323 g/mol. The van der Waals surface area contributed by atoms with E-state index in [4.69, 9.17) is 9.47 Å². The zero-order valence-corrected chi connectivity index (χ0v) is 13.7. The fourth-order valence-electron chi connectivity index (χ4n) is 3.87. The van der Waals surface area contributed by atoms with E-state index in [-0.39, 0.29) is 23.8 Å². The van der Waals surface area contributed by atoms with Gasteiger partial charge in [0.1, 0.15) is 0 Å². The van der Waals surface area contributed by atoms with Crippen LogP contribution < -0.4 is 4.90 Å². The number of benzene rings is 2. The second-order valence-electron chi connectivity index (χ2n) is 6.35. The van der Waals surface area contributed by atoms with E-state index in [1.165, 1.54) is 5.56 Å². The third-order valence-corrected chi connectivity index (χ3v) is 5.01. The van der Waals surface area contributed by atoms with Gasteiger partial charge in [0.15, 0.2) is 0 Å². The Hall–Kier alpha value is -2.17. The van der Waals surface area contributed by atoms with Gasteiger partial charge in [-0.2, -0.15) is 0 Å². The van der Waals surface area contributed by atoms with Crippen molar-refractivity contribution in [3.05, 3.63) is 65.7 Å². The third kappa shape index (κ3) is 2.52. The molecule has 3 atom stereocenters. The van der Waals surface area contributed by atoms with Gasteiger partial charge >= 0.3 is 0 Å². The lowest BCUT2D eigenvalue weighted by Gasteiger charge is -2.42. The van der Waals surface area contributed by atoms with Crippen LogP contribution in [0.5, 0.6) is 0 Å². The molecule has 1 amide bonds. The molecule has 0 radical (unpaired) electrons. The minimum absolute atomic E-state index is 0.0159. The van der Waals surface area contributed by atoms with Crippen LogP contribution in [0.2, 0.25) is 0 Å². The summed E-state index contributed by atoms with van der Waals surface area (Å²) in [5.41, 5.74) is 3.29. The molecule has 124 valence electrons. The van der Waals surface area contributed by atoms with Gasteiger partial charge in [-0.15, -0.1) is 0 Å². The van der Waals surface area contributed by atoms with Gasteiger partial charge in [-0.1, -0.05) is 48.5 Å². The number of para-hydroxylation sites is 1. The minimum atomic E-state index is -0.271. The molecule has 2 heterocycles.